The second-order valence-electron chi connectivity index (χ2n) is 5.56. The molecule has 0 fully saturated rings. The van der Waals surface area contributed by atoms with E-state index in [1.54, 1.807) is 18.5 Å². The summed E-state index contributed by atoms with van der Waals surface area (Å²) in [5.41, 5.74) is 1.03. The molecule has 1 heterocycles. The summed E-state index contributed by atoms with van der Waals surface area (Å²) in [6.07, 6.45) is 4.61. The molecule has 1 amide bonds. The predicted octanol–water partition coefficient (Wildman–Crippen LogP) is 2.79. The lowest BCUT2D eigenvalue weighted by Gasteiger charge is -2.07. The fourth-order valence-corrected chi connectivity index (χ4v) is 2.50. The van der Waals surface area contributed by atoms with Crippen LogP contribution in [0.15, 0.2) is 60.9 Å². The molecule has 1 aromatic heterocycles. The van der Waals surface area contributed by atoms with E-state index < -0.39 is 0 Å². The highest BCUT2D eigenvalue weighted by molar-refractivity contribution is 5.85. The van der Waals surface area contributed by atoms with Crippen molar-refractivity contribution in [3.63, 3.8) is 0 Å². The summed E-state index contributed by atoms with van der Waals surface area (Å²) in [7, 11) is 0. The number of hydrogen-bond donors (Lipinski definition) is 2. The molecule has 5 nitrogen and oxygen atoms in total. The highest BCUT2D eigenvalue weighted by atomic mass is 16.1. The van der Waals surface area contributed by atoms with E-state index in [9.17, 15) is 4.79 Å². The van der Waals surface area contributed by atoms with Gasteiger partial charge in [0.15, 0.2) is 0 Å². The van der Waals surface area contributed by atoms with E-state index in [1.165, 1.54) is 5.39 Å². The van der Waals surface area contributed by atoms with Crippen LogP contribution in [0.2, 0.25) is 0 Å². The van der Waals surface area contributed by atoms with Gasteiger partial charge in [-0.1, -0.05) is 42.5 Å². The summed E-state index contributed by atoms with van der Waals surface area (Å²) in [6, 6.07) is 16.1. The quantitative estimate of drug-likeness (QED) is 0.657. The number of hydrogen-bond acceptors (Lipinski definition) is 4. The number of nitrogens with one attached hydrogen (secondary N) is 2. The summed E-state index contributed by atoms with van der Waals surface area (Å²) >= 11 is 0. The smallest absolute Gasteiger partial charge is 0.224 e. The van der Waals surface area contributed by atoms with Crippen molar-refractivity contribution in [3.8, 4) is 0 Å². The third-order valence-electron chi connectivity index (χ3n) is 3.70. The van der Waals surface area contributed by atoms with Crippen molar-refractivity contribution in [3.05, 3.63) is 66.5 Å². The lowest BCUT2D eigenvalue weighted by atomic mass is 10.0. The standard InChI is InChI=1S/C19H20N4O/c24-18(20-9-3-10-21-19-22-11-4-12-23-19)14-15-7-8-16-5-1-2-6-17(16)13-15/h1-2,4-8,11-13H,3,9-10,14H2,(H,20,24)(H,21,22,23). The Morgan fingerprint density at radius 2 is 1.71 bits per heavy atom. The molecule has 0 bridgehead atoms. The Kier molecular flexibility index (Phi) is 5.35. The first-order valence-corrected chi connectivity index (χ1v) is 8.06. The summed E-state index contributed by atoms with van der Waals surface area (Å²) in [4.78, 5) is 20.2. The van der Waals surface area contributed by atoms with Crippen molar-refractivity contribution in [2.24, 2.45) is 0 Å². The molecule has 0 unspecified atom stereocenters. The molecule has 0 radical (unpaired) electrons. The van der Waals surface area contributed by atoms with Gasteiger partial charge in [-0.15, -0.1) is 0 Å². The Labute approximate surface area is 141 Å². The van der Waals surface area contributed by atoms with Crippen molar-refractivity contribution in [1.82, 2.24) is 15.3 Å². The molecule has 0 aliphatic heterocycles. The zero-order valence-corrected chi connectivity index (χ0v) is 13.4. The highest BCUT2D eigenvalue weighted by Crippen LogP contribution is 2.15. The molecule has 2 aromatic carbocycles. The minimum absolute atomic E-state index is 0.0428. The normalized spacial score (nSPS) is 10.5. The van der Waals surface area contributed by atoms with Crippen LogP contribution in [-0.2, 0) is 11.2 Å². The Morgan fingerprint density at radius 3 is 2.54 bits per heavy atom. The number of amides is 1. The second-order valence-corrected chi connectivity index (χ2v) is 5.56. The van der Waals surface area contributed by atoms with Gasteiger partial charge in [0.2, 0.25) is 11.9 Å². The monoisotopic (exact) mass is 320 g/mol. The maximum Gasteiger partial charge on any atom is 0.224 e. The summed E-state index contributed by atoms with van der Waals surface area (Å²) in [5.74, 6) is 0.654. The average molecular weight is 320 g/mol. The number of carbonyl (C=O) groups excluding carboxylic acids is 1. The second kappa shape index (κ2) is 8.06. The van der Waals surface area contributed by atoms with Crippen molar-refractivity contribution in [2.75, 3.05) is 18.4 Å². The third-order valence-corrected chi connectivity index (χ3v) is 3.70. The van der Waals surface area contributed by atoms with E-state index in [0.717, 1.165) is 23.9 Å². The number of anilines is 1. The van der Waals surface area contributed by atoms with Gasteiger partial charge in [0.25, 0.3) is 0 Å². The fraction of sp³-hybridized carbons (Fsp3) is 0.211. The lowest BCUT2D eigenvalue weighted by molar-refractivity contribution is -0.120. The van der Waals surface area contributed by atoms with Crippen molar-refractivity contribution in [1.29, 1.82) is 0 Å². The lowest BCUT2D eigenvalue weighted by Crippen LogP contribution is -2.27. The number of carbonyl (C=O) groups is 1. The summed E-state index contributed by atoms with van der Waals surface area (Å²) in [5, 5.41) is 8.41. The van der Waals surface area contributed by atoms with Crippen molar-refractivity contribution in [2.45, 2.75) is 12.8 Å². The molecular formula is C19H20N4O. The zero-order chi connectivity index (χ0) is 16.6. The molecule has 3 rings (SSSR count). The minimum Gasteiger partial charge on any atom is -0.356 e. The topological polar surface area (TPSA) is 66.9 Å². The van der Waals surface area contributed by atoms with Gasteiger partial charge in [-0.2, -0.15) is 0 Å². The molecule has 3 aromatic rings. The Hall–Kier alpha value is -2.95. The zero-order valence-electron chi connectivity index (χ0n) is 13.4. The molecule has 0 aliphatic carbocycles. The number of nitrogens with zero attached hydrogens (tertiary/aromatic N) is 2. The van der Waals surface area contributed by atoms with E-state index in [-0.39, 0.29) is 5.91 Å². The van der Waals surface area contributed by atoms with E-state index in [1.807, 2.05) is 18.2 Å². The molecule has 0 saturated heterocycles. The molecule has 0 aliphatic rings. The molecular weight excluding hydrogens is 300 g/mol. The number of fused-ring (bicyclic) bond motifs is 1. The van der Waals surface area contributed by atoms with Crippen LogP contribution in [0.25, 0.3) is 10.8 Å². The van der Waals surface area contributed by atoms with Gasteiger partial charge in [0, 0.05) is 25.5 Å². The molecule has 122 valence electrons. The van der Waals surface area contributed by atoms with E-state index in [0.29, 0.717) is 18.9 Å². The molecule has 5 heteroatoms. The SMILES string of the molecule is O=C(Cc1ccc2ccccc2c1)NCCCNc1ncccn1. The van der Waals surface area contributed by atoms with Crippen molar-refractivity contribution >= 4 is 22.6 Å². The fourth-order valence-electron chi connectivity index (χ4n) is 2.50. The summed E-state index contributed by atoms with van der Waals surface area (Å²) < 4.78 is 0. The van der Waals surface area contributed by atoms with Gasteiger partial charge >= 0.3 is 0 Å². The van der Waals surface area contributed by atoms with E-state index in [4.69, 9.17) is 0 Å². The van der Waals surface area contributed by atoms with Gasteiger partial charge in [-0.3, -0.25) is 4.79 Å². The maximum atomic E-state index is 12.0. The van der Waals surface area contributed by atoms with Gasteiger partial charge in [-0.25, -0.2) is 9.97 Å². The predicted molar refractivity (Wildman–Crippen MR) is 95.8 cm³/mol. The molecule has 0 spiro atoms. The largest absolute Gasteiger partial charge is 0.356 e. The van der Waals surface area contributed by atoms with Crippen LogP contribution in [0.5, 0.6) is 0 Å². The maximum absolute atomic E-state index is 12.0. The number of benzene rings is 2. The molecule has 0 saturated carbocycles. The van der Waals surface area contributed by atoms with Crippen molar-refractivity contribution < 1.29 is 4.79 Å². The van der Waals surface area contributed by atoms with Crippen LogP contribution in [-0.4, -0.2) is 29.0 Å². The van der Waals surface area contributed by atoms with Crippen LogP contribution >= 0.6 is 0 Å². The van der Waals surface area contributed by atoms with Gasteiger partial charge < -0.3 is 10.6 Å². The first kappa shape index (κ1) is 15.9. The molecule has 24 heavy (non-hydrogen) atoms. The minimum atomic E-state index is 0.0428. The van der Waals surface area contributed by atoms with Gasteiger partial charge in [0.1, 0.15) is 0 Å². The van der Waals surface area contributed by atoms with Crippen LogP contribution in [0, 0.1) is 0 Å². The van der Waals surface area contributed by atoms with Crippen LogP contribution < -0.4 is 10.6 Å². The van der Waals surface area contributed by atoms with E-state index >= 15 is 0 Å². The van der Waals surface area contributed by atoms with Gasteiger partial charge in [-0.05, 0) is 28.8 Å². The molecule has 0 atom stereocenters. The summed E-state index contributed by atoms with van der Waals surface area (Å²) in [6.45, 7) is 1.35. The number of aromatic nitrogens is 2. The Morgan fingerprint density at radius 1 is 0.917 bits per heavy atom. The first-order chi connectivity index (χ1) is 11.8. The Bertz CT molecular complexity index is 805. The average Bonchev–Trinajstić information content (AvgIpc) is 2.62. The van der Waals surface area contributed by atoms with E-state index in [2.05, 4.69) is 44.9 Å². The Balaban J connectivity index is 1.40. The number of rotatable bonds is 7. The highest BCUT2D eigenvalue weighted by Gasteiger charge is 2.04. The van der Waals surface area contributed by atoms with Crippen LogP contribution in [0.4, 0.5) is 5.95 Å². The van der Waals surface area contributed by atoms with Crippen LogP contribution in [0.1, 0.15) is 12.0 Å². The third kappa shape index (κ3) is 4.52. The molecule has 2 N–H and O–H groups in total. The van der Waals surface area contributed by atoms with Crippen LogP contribution in [0.3, 0.4) is 0 Å². The first-order valence-electron chi connectivity index (χ1n) is 8.06. The van der Waals surface area contributed by atoms with Gasteiger partial charge in [0.05, 0.1) is 6.42 Å².